The number of ether oxygens (including phenoxy) is 6. The number of rotatable bonds is 29. The van der Waals surface area contributed by atoms with Gasteiger partial charge < -0.3 is 44.2 Å². The number of amides is 2. The lowest BCUT2D eigenvalue weighted by atomic mass is 10.2. The van der Waals surface area contributed by atoms with E-state index in [0.717, 1.165) is 116 Å². The van der Waals surface area contributed by atoms with E-state index < -0.39 is 20.3 Å². The standard InChI is InChI=1S/C18H37NO4.C17H35NO5.C7H7ClO2S/c1-5-6-8-13-21-15-10-11-16-22-14-9-7-12-19-17(20)23-18(2,3)4;1-17(2,3)23-16(20)18-10-4-6-12-21-14-8-9-15-22-13-7-5-11-19;1-6-2-4-7(5-3-6)11(8,9)10/h5-16H2,1-4H3,(H,19,20);19H,4-15H2,1-3H3,(H,18,20);2-5H,1H3. The van der Waals surface area contributed by atoms with Gasteiger partial charge in [0.2, 0.25) is 0 Å². The Balaban J connectivity index is 0. The van der Waals surface area contributed by atoms with Crippen LogP contribution in [-0.2, 0) is 37.5 Å². The van der Waals surface area contributed by atoms with Crippen molar-refractivity contribution in [2.75, 3.05) is 72.6 Å². The van der Waals surface area contributed by atoms with E-state index in [-0.39, 0.29) is 23.7 Å². The number of alkyl carbamates (subject to hydrolysis) is 2. The molecule has 2 amide bonds. The summed E-state index contributed by atoms with van der Waals surface area (Å²) in [5.74, 6) is 0. The second-order valence-electron chi connectivity index (χ2n) is 15.5. The summed E-state index contributed by atoms with van der Waals surface area (Å²) in [4.78, 5) is 22.9. The minimum Gasteiger partial charge on any atom is -0.444 e. The normalized spacial score (nSPS) is 11.5. The van der Waals surface area contributed by atoms with Crippen molar-refractivity contribution in [3.63, 3.8) is 0 Å². The van der Waals surface area contributed by atoms with Crippen LogP contribution in [0.2, 0.25) is 0 Å². The van der Waals surface area contributed by atoms with Crippen LogP contribution in [0.1, 0.15) is 138 Å². The summed E-state index contributed by atoms with van der Waals surface area (Å²) < 4.78 is 53.8. The Hall–Kier alpha value is -2.20. The van der Waals surface area contributed by atoms with Crippen LogP contribution in [0.25, 0.3) is 0 Å². The Morgan fingerprint density at radius 3 is 1.19 bits per heavy atom. The molecule has 0 fully saturated rings. The SMILES string of the molecule is CC(C)(C)OC(=O)NCCCCOCCCCOCCCCO.CCCCCOCCCCOCCCCNC(=O)OC(C)(C)C.Cc1ccc(S(=O)(=O)Cl)cc1. The molecule has 1 aromatic carbocycles. The summed E-state index contributed by atoms with van der Waals surface area (Å²) in [6.45, 7) is 22.9. The van der Waals surface area contributed by atoms with Gasteiger partial charge in [-0.25, -0.2) is 18.0 Å². The highest BCUT2D eigenvalue weighted by atomic mass is 35.7. The Bertz CT molecular complexity index is 1140. The number of carbonyl (C=O) groups excluding carboxylic acids is 2. The highest BCUT2D eigenvalue weighted by molar-refractivity contribution is 8.13. The average Bonchev–Trinajstić information content (AvgIpc) is 3.11. The molecular weight excluding hydrogens is 776 g/mol. The zero-order valence-corrected chi connectivity index (χ0v) is 38.2. The number of hydrogen-bond acceptors (Lipinski definition) is 11. The zero-order valence-electron chi connectivity index (χ0n) is 36.6. The van der Waals surface area contributed by atoms with E-state index in [0.29, 0.717) is 19.7 Å². The fourth-order valence-electron chi connectivity index (χ4n) is 4.36. The van der Waals surface area contributed by atoms with Crippen LogP contribution in [0.4, 0.5) is 9.59 Å². The second kappa shape index (κ2) is 36.8. The molecule has 0 bridgehead atoms. The van der Waals surface area contributed by atoms with Gasteiger partial charge in [0.15, 0.2) is 0 Å². The lowest BCUT2D eigenvalue weighted by Gasteiger charge is -2.19. The summed E-state index contributed by atoms with van der Waals surface area (Å²) in [5.41, 5.74) is 0.122. The maximum absolute atomic E-state index is 11.4. The molecular formula is C42H79ClN2O11S. The van der Waals surface area contributed by atoms with Crippen molar-refractivity contribution in [1.82, 2.24) is 10.6 Å². The van der Waals surface area contributed by atoms with Crippen molar-refractivity contribution in [1.29, 1.82) is 0 Å². The molecule has 0 atom stereocenters. The van der Waals surface area contributed by atoms with Gasteiger partial charge in [-0.1, -0.05) is 37.5 Å². The molecule has 0 aliphatic carbocycles. The van der Waals surface area contributed by atoms with Crippen LogP contribution in [0.5, 0.6) is 0 Å². The Morgan fingerprint density at radius 2 is 0.895 bits per heavy atom. The van der Waals surface area contributed by atoms with E-state index >= 15 is 0 Å². The van der Waals surface area contributed by atoms with Crippen LogP contribution >= 0.6 is 10.7 Å². The van der Waals surface area contributed by atoms with Crippen LogP contribution in [0.15, 0.2) is 29.2 Å². The van der Waals surface area contributed by atoms with Crippen molar-refractivity contribution in [3.05, 3.63) is 29.8 Å². The van der Waals surface area contributed by atoms with E-state index in [1.54, 1.807) is 12.1 Å². The van der Waals surface area contributed by atoms with Crippen molar-refractivity contribution < 1.29 is 51.5 Å². The number of unbranched alkanes of at least 4 members (excludes halogenated alkanes) is 7. The maximum atomic E-state index is 11.4. The zero-order chi connectivity index (χ0) is 43.3. The summed E-state index contributed by atoms with van der Waals surface area (Å²) in [5, 5.41) is 14.1. The van der Waals surface area contributed by atoms with E-state index in [9.17, 15) is 18.0 Å². The van der Waals surface area contributed by atoms with Crippen molar-refractivity contribution in [3.8, 4) is 0 Å². The van der Waals surface area contributed by atoms with Gasteiger partial charge in [0, 0.05) is 83.2 Å². The first kappa shape index (κ1) is 56.9. The monoisotopic (exact) mass is 855 g/mol. The minimum atomic E-state index is -3.55. The average molecular weight is 856 g/mol. The number of aliphatic hydroxyl groups is 1. The number of nitrogens with one attached hydrogen (secondary N) is 2. The predicted molar refractivity (Wildman–Crippen MR) is 229 cm³/mol. The second-order valence-corrected chi connectivity index (χ2v) is 18.1. The number of halogens is 1. The van der Waals surface area contributed by atoms with Crippen LogP contribution < -0.4 is 10.6 Å². The first-order valence-corrected chi connectivity index (χ1v) is 23.1. The maximum Gasteiger partial charge on any atom is 0.407 e. The Kier molecular flexibility index (Phi) is 36.8. The molecule has 57 heavy (non-hydrogen) atoms. The number of aliphatic hydroxyl groups excluding tert-OH is 1. The van der Waals surface area contributed by atoms with E-state index in [2.05, 4.69) is 17.6 Å². The quantitative estimate of drug-likeness (QED) is 0.0519. The van der Waals surface area contributed by atoms with E-state index in [4.69, 9.17) is 44.2 Å². The molecule has 3 N–H and O–H groups in total. The summed E-state index contributed by atoms with van der Waals surface area (Å²) in [6, 6.07) is 6.37. The molecule has 0 aliphatic heterocycles. The molecule has 1 rings (SSSR count). The Labute approximate surface area is 350 Å². The third-order valence-electron chi connectivity index (χ3n) is 7.31. The predicted octanol–water partition coefficient (Wildman–Crippen LogP) is 9.09. The molecule has 0 aromatic heterocycles. The number of carbonyl (C=O) groups is 2. The molecule has 13 nitrogen and oxygen atoms in total. The van der Waals surface area contributed by atoms with Crippen molar-refractivity contribution >= 4 is 31.9 Å². The summed E-state index contributed by atoms with van der Waals surface area (Å²) in [6.07, 6.45) is 12.4. The van der Waals surface area contributed by atoms with Gasteiger partial charge in [-0.05, 0) is 131 Å². The smallest absolute Gasteiger partial charge is 0.407 e. The van der Waals surface area contributed by atoms with E-state index in [1.807, 2.05) is 48.5 Å². The molecule has 1 aromatic rings. The number of aryl methyl sites for hydroxylation is 1. The summed E-state index contributed by atoms with van der Waals surface area (Å²) in [7, 11) is 1.54. The lowest BCUT2D eigenvalue weighted by Crippen LogP contribution is -2.33. The molecule has 0 unspecified atom stereocenters. The minimum absolute atomic E-state index is 0.143. The molecule has 336 valence electrons. The fourth-order valence-corrected chi connectivity index (χ4v) is 5.13. The van der Waals surface area contributed by atoms with Crippen LogP contribution in [0.3, 0.4) is 0 Å². The van der Waals surface area contributed by atoms with Crippen LogP contribution in [0, 0.1) is 6.92 Å². The lowest BCUT2D eigenvalue weighted by molar-refractivity contribution is 0.0513. The van der Waals surface area contributed by atoms with Gasteiger partial charge in [-0.15, -0.1) is 0 Å². The molecule has 0 radical (unpaired) electrons. The Morgan fingerprint density at radius 1 is 0.579 bits per heavy atom. The first-order valence-electron chi connectivity index (χ1n) is 20.8. The molecule has 0 heterocycles. The third-order valence-corrected chi connectivity index (χ3v) is 8.68. The van der Waals surface area contributed by atoms with Gasteiger partial charge >= 0.3 is 12.2 Å². The molecule has 0 aliphatic rings. The molecule has 0 saturated carbocycles. The van der Waals surface area contributed by atoms with Crippen molar-refractivity contribution in [2.45, 2.75) is 155 Å². The van der Waals surface area contributed by atoms with E-state index in [1.165, 1.54) is 31.4 Å². The third kappa shape index (κ3) is 46.4. The molecule has 0 spiro atoms. The largest absolute Gasteiger partial charge is 0.444 e. The molecule has 0 saturated heterocycles. The van der Waals surface area contributed by atoms with Gasteiger partial charge in [0.25, 0.3) is 9.05 Å². The number of hydrogen-bond donors (Lipinski definition) is 3. The van der Waals surface area contributed by atoms with Crippen LogP contribution in [-0.4, -0.2) is 109 Å². The highest BCUT2D eigenvalue weighted by Crippen LogP contribution is 2.14. The highest BCUT2D eigenvalue weighted by Gasteiger charge is 2.16. The number of benzene rings is 1. The van der Waals surface area contributed by atoms with Gasteiger partial charge in [0.05, 0.1) is 4.90 Å². The topological polar surface area (TPSA) is 168 Å². The summed E-state index contributed by atoms with van der Waals surface area (Å²) >= 11 is 0. The van der Waals surface area contributed by atoms with Crippen molar-refractivity contribution in [2.24, 2.45) is 0 Å². The fraction of sp³-hybridized carbons (Fsp3) is 0.810. The van der Waals surface area contributed by atoms with Gasteiger partial charge in [-0.3, -0.25) is 0 Å². The first-order chi connectivity index (χ1) is 26.9. The molecule has 15 heteroatoms. The van der Waals surface area contributed by atoms with Gasteiger partial charge in [-0.2, -0.15) is 0 Å². The van der Waals surface area contributed by atoms with Gasteiger partial charge in [0.1, 0.15) is 11.2 Å².